The van der Waals surface area contributed by atoms with Gasteiger partial charge in [0.25, 0.3) is 0 Å². The molecule has 7 nitrogen and oxygen atoms in total. The molecule has 1 aliphatic heterocycles. The van der Waals surface area contributed by atoms with Crippen molar-refractivity contribution < 1.29 is 23.5 Å². The van der Waals surface area contributed by atoms with Gasteiger partial charge in [-0.25, -0.2) is 9.18 Å². The van der Waals surface area contributed by atoms with Gasteiger partial charge in [0.1, 0.15) is 5.82 Å². The third kappa shape index (κ3) is 6.62. The number of unbranched alkanes of at least 4 members (excludes halogenated alkanes) is 1. The van der Waals surface area contributed by atoms with E-state index in [0.29, 0.717) is 43.1 Å². The van der Waals surface area contributed by atoms with E-state index in [2.05, 4.69) is 17.6 Å². The predicted molar refractivity (Wildman–Crippen MR) is 129 cm³/mol. The molecule has 1 fully saturated rings. The minimum Gasteiger partial charge on any atom is -0.493 e. The average Bonchev–Trinajstić information content (AvgIpc) is 2.86. The van der Waals surface area contributed by atoms with Crippen LogP contribution in [0.15, 0.2) is 42.5 Å². The molecule has 8 heteroatoms. The second-order valence-electron chi connectivity index (χ2n) is 8.58. The predicted octanol–water partition coefficient (Wildman–Crippen LogP) is 4.07. The number of nitrogens with zero attached hydrogens (tertiary/aromatic N) is 1. The molecule has 1 saturated heterocycles. The molecule has 3 amide bonds. The largest absolute Gasteiger partial charge is 0.493 e. The summed E-state index contributed by atoms with van der Waals surface area (Å²) in [5, 5.41) is 5.87. The molecule has 0 bridgehead atoms. The highest BCUT2D eigenvalue weighted by Crippen LogP contribution is 2.36. The lowest BCUT2D eigenvalue weighted by atomic mass is 9.84. The van der Waals surface area contributed by atoms with E-state index >= 15 is 0 Å². The number of urea groups is 1. The Balaban J connectivity index is 1.76. The Morgan fingerprint density at radius 2 is 1.85 bits per heavy atom. The number of amides is 3. The third-order valence-corrected chi connectivity index (χ3v) is 6.15. The zero-order chi connectivity index (χ0) is 24.5. The highest BCUT2D eigenvalue weighted by Gasteiger charge is 2.34. The number of piperidine rings is 1. The van der Waals surface area contributed by atoms with Gasteiger partial charge in [0.15, 0.2) is 11.5 Å². The van der Waals surface area contributed by atoms with Crippen LogP contribution in [0.25, 0.3) is 0 Å². The van der Waals surface area contributed by atoms with E-state index in [-0.39, 0.29) is 30.2 Å². The molecule has 0 radical (unpaired) electrons. The average molecular weight is 472 g/mol. The van der Waals surface area contributed by atoms with Gasteiger partial charge in [-0.3, -0.25) is 4.79 Å². The van der Waals surface area contributed by atoms with Crippen molar-refractivity contribution in [1.29, 1.82) is 0 Å². The highest BCUT2D eigenvalue weighted by atomic mass is 19.1. The van der Waals surface area contributed by atoms with Crippen LogP contribution in [0.4, 0.5) is 9.18 Å². The van der Waals surface area contributed by atoms with Gasteiger partial charge in [-0.1, -0.05) is 31.5 Å². The summed E-state index contributed by atoms with van der Waals surface area (Å²) in [4.78, 5) is 27.6. The van der Waals surface area contributed by atoms with Crippen molar-refractivity contribution in [3.05, 3.63) is 59.4 Å². The Labute approximate surface area is 200 Å². The molecular weight excluding hydrogens is 437 g/mol. The molecule has 1 heterocycles. The number of nitrogens with one attached hydrogen (secondary N) is 2. The molecule has 0 aliphatic carbocycles. The number of hydrogen-bond acceptors (Lipinski definition) is 4. The molecule has 0 unspecified atom stereocenters. The Kier molecular flexibility index (Phi) is 9.13. The van der Waals surface area contributed by atoms with E-state index in [9.17, 15) is 14.0 Å². The number of rotatable bonds is 9. The van der Waals surface area contributed by atoms with Crippen LogP contribution >= 0.6 is 0 Å². The third-order valence-electron chi connectivity index (χ3n) is 6.15. The molecule has 184 valence electrons. The van der Waals surface area contributed by atoms with Crippen molar-refractivity contribution in [2.75, 3.05) is 33.9 Å². The number of carbonyl (C=O) groups is 2. The first-order valence-electron chi connectivity index (χ1n) is 11.7. The standard InChI is InChI=1S/C26H34FN3O4/c1-4-5-11-28-26(32)30-16-20(19-9-10-23(33-2)24(14-19)34-3)13-21(17-30)25(31)29-15-18-7-6-8-22(27)12-18/h6-10,12,14,20-21H,4-5,11,13,15-17H2,1-3H3,(H,28,32)(H,29,31)/t20-,21+/m0/s1. The van der Waals surface area contributed by atoms with Crippen molar-refractivity contribution in [2.24, 2.45) is 5.92 Å². The normalized spacial score (nSPS) is 17.7. The maximum Gasteiger partial charge on any atom is 0.317 e. The van der Waals surface area contributed by atoms with Crippen LogP contribution in [0, 0.1) is 11.7 Å². The lowest BCUT2D eigenvalue weighted by molar-refractivity contribution is -0.126. The molecule has 0 aromatic heterocycles. The molecule has 2 atom stereocenters. The Hall–Kier alpha value is -3.29. The second kappa shape index (κ2) is 12.3. The highest BCUT2D eigenvalue weighted by molar-refractivity contribution is 5.81. The second-order valence-corrected chi connectivity index (χ2v) is 8.58. The van der Waals surface area contributed by atoms with E-state index in [1.54, 1.807) is 31.3 Å². The summed E-state index contributed by atoms with van der Waals surface area (Å²) in [7, 11) is 3.16. The number of hydrogen-bond donors (Lipinski definition) is 2. The molecule has 2 aromatic carbocycles. The minimum atomic E-state index is -0.391. The van der Waals surface area contributed by atoms with Crippen LogP contribution in [0.5, 0.6) is 11.5 Å². The van der Waals surface area contributed by atoms with Crippen molar-refractivity contribution in [2.45, 2.75) is 38.6 Å². The summed E-state index contributed by atoms with van der Waals surface area (Å²) >= 11 is 0. The number of benzene rings is 2. The summed E-state index contributed by atoms with van der Waals surface area (Å²) in [6.45, 7) is 3.73. The van der Waals surface area contributed by atoms with Gasteiger partial charge in [-0.05, 0) is 48.2 Å². The van der Waals surface area contributed by atoms with Crippen molar-refractivity contribution in [3.63, 3.8) is 0 Å². The van der Waals surface area contributed by atoms with Gasteiger partial charge < -0.3 is 25.0 Å². The first-order valence-corrected chi connectivity index (χ1v) is 11.7. The van der Waals surface area contributed by atoms with Crippen molar-refractivity contribution in [1.82, 2.24) is 15.5 Å². The summed E-state index contributed by atoms with van der Waals surface area (Å²) in [6, 6.07) is 11.7. The Morgan fingerprint density at radius 3 is 2.56 bits per heavy atom. The lowest BCUT2D eigenvalue weighted by Crippen LogP contribution is -2.51. The maximum atomic E-state index is 13.5. The zero-order valence-electron chi connectivity index (χ0n) is 20.1. The first kappa shape index (κ1) is 25.3. The monoisotopic (exact) mass is 471 g/mol. The van der Waals surface area contributed by atoms with E-state index in [1.165, 1.54) is 12.1 Å². The summed E-state index contributed by atoms with van der Waals surface area (Å²) < 4.78 is 24.3. The minimum absolute atomic E-state index is 0.0459. The first-order chi connectivity index (χ1) is 16.4. The topological polar surface area (TPSA) is 79.9 Å². The van der Waals surface area contributed by atoms with E-state index in [1.807, 2.05) is 18.2 Å². The van der Waals surface area contributed by atoms with Crippen LogP contribution in [-0.4, -0.2) is 50.7 Å². The van der Waals surface area contributed by atoms with E-state index < -0.39 is 5.92 Å². The van der Waals surface area contributed by atoms with Gasteiger partial charge in [0, 0.05) is 32.1 Å². The van der Waals surface area contributed by atoms with Crippen LogP contribution < -0.4 is 20.1 Å². The van der Waals surface area contributed by atoms with Gasteiger partial charge in [-0.15, -0.1) is 0 Å². The van der Waals surface area contributed by atoms with Crippen molar-refractivity contribution in [3.8, 4) is 11.5 Å². The van der Waals surface area contributed by atoms with Gasteiger partial charge >= 0.3 is 6.03 Å². The maximum absolute atomic E-state index is 13.5. The lowest BCUT2D eigenvalue weighted by Gasteiger charge is -2.37. The summed E-state index contributed by atoms with van der Waals surface area (Å²) in [5.74, 6) is 0.304. The van der Waals surface area contributed by atoms with Gasteiger partial charge in [0.2, 0.25) is 5.91 Å². The molecule has 3 rings (SSSR count). The number of methoxy groups -OCH3 is 2. The van der Waals surface area contributed by atoms with Crippen molar-refractivity contribution >= 4 is 11.9 Å². The number of carbonyl (C=O) groups excluding carboxylic acids is 2. The fourth-order valence-electron chi connectivity index (χ4n) is 4.27. The summed E-state index contributed by atoms with van der Waals surface area (Å²) in [6.07, 6.45) is 2.47. The SMILES string of the molecule is CCCCNC(=O)N1C[C@H](C(=O)NCc2cccc(F)c2)C[C@H](c2ccc(OC)c(OC)c2)C1. The molecule has 0 saturated carbocycles. The molecule has 2 aromatic rings. The fourth-order valence-corrected chi connectivity index (χ4v) is 4.27. The van der Waals surface area contributed by atoms with Gasteiger partial charge in [-0.2, -0.15) is 0 Å². The van der Waals surface area contributed by atoms with Crippen LogP contribution in [0.3, 0.4) is 0 Å². The van der Waals surface area contributed by atoms with Gasteiger partial charge in [0.05, 0.1) is 20.1 Å². The van der Waals surface area contributed by atoms with Crippen LogP contribution in [0.2, 0.25) is 0 Å². The van der Waals surface area contributed by atoms with E-state index in [4.69, 9.17) is 9.47 Å². The number of likely N-dealkylation sites (tertiary alicyclic amines) is 1. The molecule has 2 N–H and O–H groups in total. The Morgan fingerprint density at radius 1 is 1.06 bits per heavy atom. The quantitative estimate of drug-likeness (QED) is 0.541. The summed E-state index contributed by atoms with van der Waals surface area (Å²) in [5.41, 5.74) is 1.67. The zero-order valence-corrected chi connectivity index (χ0v) is 20.1. The Bertz CT molecular complexity index is 984. The number of halogens is 1. The molecule has 1 aliphatic rings. The number of ether oxygens (including phenoxy) is 2. The van der Waals surface area contributed by atoms with E-state index in [0.717, 1.165) is 18.4 Å². The van der Waals surface area contributed by atoms with Crippen LogP contribution in [-0.2, 0) is 11.3 Å². The fraction of sp³-hybridized carbons (Fsp3) is 0.462. The smallest absolute Gasteiger partial charge is 0.317 e. The molecule has 34 heavy (non-hydrogen) atoms. The molecular formula is C26H34FN3O4. The molecule has 0 spiro atoms. The van der Waals surface area contributed by atoms with Crippen LogP contribution in [0.1, 0.15) is 43.2 Å².